The second kappa shape index (κ2) is 4.17. The van der Waals surface area contributed by atoms with Crippen molar-refractivity contribution in [2.24, 2.45) is 7.05 Å². The second-order valence-electron chi connectivity index (χ2n) is 4.44. The monoisotopic (exact) mass is 228 g/mol. The number of rotatable bonds is 2. The van der Waals surface area contributed by atoms with Gasteiger partial charge in [0.2, 0.25) is 5.78 Å². The van der Waals surface area contributed by atoms with E-state index in [1.807, 2.05) is 33.0 Å². The van der Waals surface area contributed by atoms with Gasteiger partial charge in [0, 0.05) is 25.0 Å². The lowest BCUT2D eigenvalue weighted by atomic mass is 9.98. The topological polar surface area (TPSA) is 34.9 Å². The molecule has 0 saturated carbocycles. The van der Waals surface area contributed by atoms with Crippen molar-refractivity contribution in [2.75, 3.05) is 0 Å². The molecular formula is C14H16N2O. The molecule has 0 amide bonds. The van der Waals surface area contributed by atoms with Gasteiger partial charge >= 0.3 is 0 Å². The summed E-state index contributed by atoms with van der Waals surface area (Å²) < 4.78 is 1.75. The molecule has 0 fully saturated rings. The Morgan fingerprint density at radius 2 is 1.76 bits per heavy atom. The van der Waals surface area contributed by atoms with Crippen molar-refractivity contribution in [3.63, 3.8) is 0 Å². The van der Waals surface area contributed by atoms with Crippen molar-refractivity contribution < 1.29 is 4.79 Å². The van der Waals surface area contributed by atoms with Gasteiger partial charge in [-0.05, 0) is 43.5 Å². The molecule has 0 aliphatic carbocycles. The minimum Gasteiger partial charge on any atom is -0.331 e. The average molecular weight is 228 g/mol. The van der Waals surface area contributed by atoms with Crippen LogP contribution in [0, 0.1) is 20.8 Å². The number of hydrogen-bond acceptors (Lipinski definition) is 2. The standard InChI is InChI=1S/C14H16N2O/c1-9-7-11(3)12(8-10(9)2)13(17)14-15-5-6-16(14)4/h5-8H,1-4H3. The number of carbonyl (C=O) groups excluding carboxylic acids is 1. The van der Waals surface area contributed by atoms with Crippen LogP contribution in [0.4, 0.5) is 0 Å². The highest BCUT2D eigenvalue weighted by Crippen LogP contribution is 2.18. The van der Waals surface area contributed by atoms with Gasteiger partial charge in [-0.25, -0.2) is 4.98 Å². The van der Waals surface area contributed by atoms with Gasteiger partial charge in [0.15, 0.2) is 5.82 Å². The molecule has 0 radical (unpaired) electrons. The number of ketones is 1. The van der Waals surface area contributed by atoms with Gasteiger partial charge in [-0.3, -0.25) is 4.79 Å². The van der Waals surface area contributed by atoms with E-state index < -0.39 is 0 Å². The molecule has 2 aromatic rings. The molecule has 0 unspecified atom stereocenters. The van der Waals surface area contributed by atoms with Gasteiger partial charge in [-0.1, -0.05) is 6.07 Å². The molecule has 0 atom stereocenters. The number of hydrogen-bond donors (Lipinski definition) is 0. The molecule has 88 valence electrons. The van der Waals surface area contributed by atoms with Gasteiger partial charge in [0.1, 0.15) is 0 Å². The van der Waals surface area contributed by atoms with E-state index in [2.05, 4.69) is 11.9 Å². The number of aryl methyl sites for hydroxylation is 4. The van der Waals surface area contributed by atoms with Crippen molar-refractivity contribution in [3.8, 4) is 0 Å². The maximum Gasteiger partial charge on any atom is 0.228 e. The highest BCUT2D eigenvalue weighted by atomic mass is 16.1. The Hall–Kier alpha value is -1.90. The van der Waals surface area contributed by atoms with E-state index in [0.717, 1.165) is 16.7 Å². The summed E-state index contributed by atoms with van der Waals surface area (Å²) in [7, 11) is 1.83. The fourth-order valence-corrected chi connectivity index (χ4v) is 1.91. The first kappa shape index (κ1) is 11.6. The predicted octanol–water partition coefficient (Wildman–Crippen LogP) is 2.58. The molecule has 3 heteroatoms. The molecule has 3 nitrogen and oxygen atoms in total. The summed E-state index contributed by atoms with van der Waals surface area (Å²) in [5.74, 6) is 0.467. The number of carbonyl (C=O) groups is 1. The number of nitrogens with zero attached hydrogens (tertiary/aromatic N) is 2. The molecule has 1 aromatic heterocycles. The number of aromatic nitrogens is 2. The summed E-state index contributed by atoms with van der Waals surface area (Å²) in [6.45, 7) is 6.03. The SMILES string of the molecule is Cc1cc(C)c(C(=O)c2nccn2C)cc1C. The third kappa shape index (κ3) is 2.00. The Labute approximate surface area is 101 Å². The van der Waals surface area contributed by atoms with Crippen LogP contribution < -0.4 is 0 Å². The maximum absolute atomic E-state index is 12.3. The molecule has 0 aliphatic rings. The number of benzene rings is 1. The van der Waals surface area contributed by atoms with Crippen molar-refractivity contribution in [3.05, 3.63) is 52.6 Å². The fourth-order valence-electron chi connectivity index (χ4n) is 1.91. The normalized spacial score (nSPS) is 10.6. The average Bonchev–Trinajstić information content (AvgIpc) is 2.69. The lowest BCUT2D eigenvalue weighted by Crippen LogP contribution is -2.10. The molecule has 0 saturated heterocycles. The van der Waals surface area contributed by atoms with E-state index in [-0.39, 0.29) is 5.78 Å². The summed E-state index contributed by atoms with van der Waals surface area (Å²) in [5.41, 5.74) is 4.08. The van der Waals surface area contributed by atoms with E-state index in [1.165, 1.54) is 5.56 Å². The largest absolute Gasteiger partial charge is 0.331 e. The maximum atomic E-state index is 12.3. The van der Waals surface area contributed by atoms with Gasteiger partial charge < -0.3 is 4.57 Å². The summed E-state index contributed by atoms with van der Waals surface area (Å²) in [5, 5.41) is 0. The zero-order valence-electron chi connectivity index (χ0n) is 10.6. The van der Waals surface area contributed by atoms with E-state index in [0.29, 0.717) is 5.82 Å². The Balaban J connectivity index is 2.52. The van der Waals surface area contributed by atoms with Crippen LogP contribution in [-0.4, -0.2) is 15.3 Å². The summed E-state index contributed by atoms with van der Waals surface area (Å²) in [6.07, 6.45) is 3.42. The van der Waals surface area contributed by atoms with Crippen LogP contribution in [0.25, 0.3) is 0 Å². The van der Waals surface area contributed by atoms with Gasteiger partial charge in [0.25, 0.3) is 0 Å². The number of imidazole rings is 1. The van der Waals surface area contributed by atoms with Crippen LogP contribution in [0.15, 0.2) is 24.5 Å². The first-order valence-electron chi connectivity index (χ1n) is 5.60. The molecule has 0 aliphatic heterocycles. The predicted molar refractivity (Wildman–Crippen MR) is 67.3 cm³/mol. The van der Waals surface area contributed by atoms with Crippen molar-refractivity contribution in [2.45, 2.75) is 20.8 Å². The fraction of sp³-hybridized carbons (Fsp3) is 0.286. The molecule has 1 aromatic carbocycles. The lowest BCUT2D eigenvalue weighted by molar-refractivity contribution is 0.102. The molecular weight excluding hydrogens is 212 g/mol. The summed E-state index contributed by atoms with van der Waals surface area (Å²) in [6, 6.07) is 3.99. The first-order valence-corrected chi connectivity index (χ1v) is 5.60. The first-order chi connectivity index (χ1) is 8.00. The van der Waals surface area contributed by atoms with Gasteiger partial charge in [-0.15, -0.1) is 0 Å². The zero-order chi connectivity index (χ0) is 12.6. The highest BCUT2D eigenvalue weighted by molar-refractivity contribution is 6.07. The molecule has 0 spiro atoms. The van der Waals surface area contributed by atoms with Crippen molar-refractivity contribution in [1.29, 1.82) is 0 Å². The summed E-state index contributed by atoms with van der Waals surface area (Å²) >= 11 is 0. The van der Waals surface area contributed by atoms with Crippen LogP contribution in [-0.2, 0) is 7.05 Å². The van der Waals surface area contributed by atoms with Crippen LogP contribution in [0.5, 0.6) is 0 Å². The van der Waals surface area contributed by atoms with E-state index in [9.17, 15) is 4.79 Å². The smallest absolute Gasteiger partial charge is 0.228 e. The molecule has 0 N–H and O–H groups in total. The quantitative estimate of drug-likeness (QED) is 0.740. The van der Waals surface area contributed by atoms with Gasteiger partial charge in [0.05, 0.1) is 0 Å². The van der Waals surface area contributed by atoms with Crippen molar-refractivity contribution in [1.82, 2.24) is 9.55 Å². The Morgan fingerprint density at radius 1 is 1.12 bits per heavy atom. The van der Waals surface area contributed by atoms with Crippen LogP contribution >= 0.6 is 0 Å². The van der Waals surface area contributed by atoms with E-state index in [1.54, 1.807) is 17.0 Å². The zero-order valence-corrected chi connectivity index (χ0v) is 10.6. The molecule has 1 heterocycles. The third-order valence-electron chi connectivity index (χ3n) is 3.11. The molecule has 0 bridgehead atoms. The Kier molecular flexibility index (Phi) is 2.84. The Bertz CT molecular complexity index is 582. The van der Waals surface area contributed by atoms with Crippen molar-refractivity contribution >= 4 is 5.78 Å². The lowest BCUT2D eigenvalue weighted by Gasteiger charge is -2.08. The minimum absolute atomic E-state index is 0.0156. The van der Waals surface area contributed by atoms with E-state index in [4.69, 9.17) is 0 Å². The Morgan fingerprint density at radius 3 is 2.35 bits per heavy atom. The molecule has 2 rings (SSSR count). The highest BCUT2D eigenvalue weighted by Gasteiger charge is 2.16. The van der Waals surface area contributed by atoms with Gasteiger partial charge in [-0.2, -0.15) is 0 Å². The second-order valence-corrected chi connectivity index (χ2v) is 4.44. The van der Waals surface area contributed by atoms with E-state index >= 15 is 0 Å². The van der Waals surface area contributed by atoms with Crippen LogP contribution in [0.2, 0.25) is 0 Å². The molecule has 17 heavy (non-hydrogen) atoms. The van der Waals surface area contributed by atoms with Crippen LogP contribution in [0.1, 0.15) is 32.9 Å². The summed E-state index contributed by atoms with van der Waals surface area (Å²) in [4.78, 5) is 16.4. The van der Waals surface area contributed by atoms with Crippen LogP contribution in [0.3, 0.4) is 0 Å². The third-order valence-corrected chi connectivity index (χ3v) is 3.11. The minimum atomic E-state index is -0.0156.